The molecule has 0 aliphatic carbocycles. The Labute approximate surface area is 125 Å². The molecule has 0 saturated carbocycles. The van der Waals surface area contributed by atoms with E-state index < -0.39 is 10.0 Å². The van der Waals surface area contributed by atoms with Crippen molar-refractivity contribution in [3.63, 3.8) is 0 Å². The van der Waals surface area contributed by atoms with Crippen molar-refractivity contribution in [2.45, 2.75) is 44.2 Å². The summed E-state index contributed by atoms with van der Waals surface area (Å²) in [6.45, 7) is 4.52. The summed E-state index contributed by atoms with van der Waals surface area (Å²) in [6, 6.07) is -0.0974. The molecule has 8 heteroatoms. The van der Waals surface area contributed by atoms with E-state index in [4.69, 9.17) is 5.11 Å². The lowest BCUT2D eigenvalue weighted by Crippen LogP contribution is -2.32. The molecule has 0 amide bonds. The minimum atomic E-state index is -3.51. The maximum atomic E-state index is 12.1. The second-order valence-electron chi connectivity index (χ2n) is 4.52. The summed E-state index contributed by atoms with van der Waals surface area (Å²) in [4.78, 5) is 0.172. The van der Waals surface area contributed by atoms with Crippen LogP contribution in [0.2, 0.25) is 0 Å². The van der Waals surface area contributed by atoms with Crippen LogP contribution in [0.4, 0.5) is 0 Å². The molecule has 1 rings (SSSR count). The van der Waals surface area contributed by atoms with Crippen LogP contribution < -0.4 is 4.72 Å². The van der Waals surface area contributed by atoms with Gasteiger partial charge in [-0.3, -0.25) is 4.68 Å². The normalized spacial score (nSPS) is 13.6. The Morgan fingerprint density at radius 3 is 2.95 bits per heavy atom. The van der Waals surface area contributed by atoms with Gasteiger partial charge >= 0.3 is 0 Å². The Kier molecular flexibility index (Phi) is 7.57. The first-order chi connectivity index (χ1) is 9.49. The number of aryl methyl sites for hydroxylation is 1. The Balaban J connectivity index is 2.57. The van der Waals surface area contributed by atoms with Crippen molar-refractivity contribution in [2.24, 2.45) is 0 Å². The quantitative estimate of drug-likeness (QED) is 0.630. The minimum absolute atomic E-state index is 0.0618. The first-order valence-corrected chi connectivity index (χ1v) is 9.36. The molecule has 0 spiro atoms. The number of aromatic nitrogens is 2. The third-order valence-electron chi connectivity index (χ3n) is 2.72. The van der Waals surface area contributed by atoms with Gasteiger partial charge in [0.25, 0.3) is 0 Å². The number of thioether (sulfide) groups is 1. The van der Waals surface area contributed by atoms with Crippen LogP contribution in [-0.4, -0.2) is 47.5 Å². The fourth-order valence-electron chi connectivity index (χ4n) is 1.63. The van der Waals surface area contributed by atoms with E-state index in [0.29, 0.717) is 13.0 Å². The highest BCUT2D eigenvalue weighted by Crippen LogP contribution is 2.10. The molecule has 0 aliphatic heterocycles. The molecule has 0 aromatic carbocycles. The molecule has 1 aromatic heterocycles. The van der Waals surface area contributed by atoms with Gasteiger partial charge in [-0.1, -0.05) is 6.92 Å². The highest BCUT2D eigenvalue weighted by Gasteiger charge is 2.19. The molecule has 1 aromatic rings. The Bertz CT molecular complexity index is 488. The highest BCUT2D eigenvalue weighted by atomic mass is 32.2. The number of nitrogens with one attached hydrogen (secondary N) is 1. The lowest BCUT2D eigenvalue weighted by molar-refractivity contribution is 0.277. The summed E-state index contributed by atoms with van der Waals surface area (Å²) in [6.07, 6.45) is 4.19. The van der Waals surface area contributed by atoms with Gasteiger partial charge in [0, 0.05) is 25.4 Å². The van der Waals surface area contributed by atoms with Gasteiger partial charge < -0.3 is 5.11 Å². The predicted molar refractivity (Wildman–Crippen MR) is 81.3 cm³/mol. The third-order valence-corrected chi connectivity index (χ3v) is 5.20. The van der Waals surface area contributed by atoms with Crippen molar-refractivity contribution in [3.05, 3.63) is 12.4 Å². The van der Waals surface area contributed by atoms with E-state index in [0.717, 1.165) is 17.9 Å². The van der Waals surface area contributed by atoms with Crippen molar-refractivity contribution in [2.75, 3.05) is 18.1 Å². The van der Waals surface area contributed by atoms with E-state index in [1.807, 2.05) is 6.92 Å². The van der Waals surface area contributed by atoms with Crippen molar-refractivity contribution < 1.29 is 13.5 Å². The number of sulfonamides is 1. The lowest BCUT2D eigenvalue weighted by atomic mass is 10.3. The van der Waals surface area contributed by atoms with Crippen molar-refractivity contribution >= 4 is 21.8 Å². The largest absolute Gasteiger partial charge is 0.396 e. The number of rotatable bonds is 10. The zero-order valence-electron chi connectivity index (χ0n) is 11.9. The van der Waals surface area contributed by atoms with Gasteiger partial charge in [-0.25, -0.2) is 13.1 Å². The second kappa shape index (κ2) is 8.66. The van der Waals surface area contributed by atoms with Gasteiger partial charge in [-0.05, 0) is 31.3 Å². The number of nitrogens with zero attached hydrogens (tertiary/aromatic N) is 2. The maximum absolute atomic E-state index is 12.1. The van der Waals surface area contributed by atoms with Gasteiger partial charge in [-0.2, -0.15) is 16.9 Å². The van der Waals surface area contributed by atoms with Crippen LogP contribution in [0.1, 0.15) is 26.7 Å². The molecular weight excluding hydrogens is 298 g/mol. The monoisotopic (exact) mass is 321 g/mol. The molecule has 1 unspecified atom stereocenters. The Morgan fingerprint density at radius 1 is 1.55 bits per heavy atom. The summed E-state index contributed by atoms with van der Waals surface area (Å²) < 4.78 is 28.5. The summed E-state index contributed by atoms with van der Waals surface area (Å²) in [5, 5.41) is 12.7. The second-order valence-corrected chi connectivity index (χ2v) is 7.63. The summed E-state index contributed by atoms with van der Waals surface area (Å²) in [5.41, 5.74) is 0. The molecule has 116 valence electrons. The molecule has 0 aliphatic rings. The third kappa shape index (κ3) is 5.82. The zero-order valence-corrected chi connectivity index (χ0v) is 13.6. The van der Waals surface area contributed by atoms with Crippen LogP contribution in [0.25, 0.3) is 0 Å². The summed E-state index contributed by atoms with van der Waals surface area (Å²) in [7, 11) is -3.51. The number of hydrogen-bond donors (Lipinski definition) is 2. The molecule has 6 nitrogen and oxygen atoms in total. The minimum Gasteiger partial charge on any atom is -0.396 e. The molecular formula is C12H23N3O3S2. The van der Waals surface area contributed by atoms with Crippen molar-refractivity contribution in [1.82, 2.24) is 14.5 Å². The Hall–Kier alpha value is -0.570. The van der Waals surface area contributed by atoms with Gasteiger partial charge in [0.05, 0.1) is 6.20 Å². The smallest absolute Gasteiger partial charge is 0.243 e. The average Bonchev–Trinajstić information content (AvgIpc) is 2.85. The van der Waals surface area contributed by atoms with E-state index in [1.165, 1.54) is 17.1 Å². The topological polar surface area (TPSA) is 84.2 Å². The predicted octanol–water partition coefficient (Wildman–Crippen LogP) is 1.08. The maximum Gasteiger partial charge on any atom is 0.243 e. The molecule has 0 saturated heterocycles. The van der Waals surface area contributed by atoms with Gasteiger partial charge in [0.2, 0.25) is 10.0 Å². The van der Waals surface area contributed by atoms with Gasteiger partial charge in [0.15, 0.2) is 0 Å². The van der Waals surface area contributed by atoms with E-state index in [9.17, 15) is 8.42 Å². The molecule has 20 heavy (non-hydrogen) atoms. The molecule has 2 N–H and O–H groups in total. The van der Waals surface area contributed by atoms with Crippen LogP contribution >= 0.6 is 11.8 Å². The first-order valence-electron chi connectivity index (χ1n) is 6.73. The highest BCUT2D eigenvalue weighted by molar-refractivity contribution is 7.99. The van der Waals surface area contributed by atoms with Crippen LogP contribution in [-0.2, 0) is 16.6 Å². The van der Waals surface area contributed by atoms with Gasteiger partial charge in [0.1, 0.15) is 4.90 Å². The molecule has 0 bridgehead atoms. The van der Waals surface area contributed by atoms with Crippen LogP contribution in [0.5, 0.6) is 0 Å². The van der Waals surface area contributed by atoms with Crippen molar-refractivity contribution in [1.29, 1.82) is 0 Å². The molecule has 1 atom stereocenters. The standard InChI is InChI=1S/C12H23N3O3S2/c1-3-19-8-5-11(2)14-20(17,18)12-9-13-15(10-12)6-4-7-16/h9-11,14,16H,3-8H2,1-2H3. The molecule has 0 radical (unpaired) electrons. The number of aliphatic hydroxyl groups excluding tert-OH is 1. The van der Waals surface area contributed by atoms with E-state index in [2.05, 4.69) is 16.7 Å². The number of hydrogen-bond acceptors (Lipinski definition) is 5. The molecule has 1 heterocycles. The number of aliphatic hydroxyl groups is 1. The van der Waals surface area contributed by atoms with Gasteiger partial charge in [-0.15, -0.1) is 0 Å². The summed E-state index contributed by atoms with van der Waals surface area (Å²) in [5.74, 6) is 1.98. The van der Waals surface area contributed by atoms with E-state index in [-0.39, 0.29) is 17.5 Å². The van der Waals surface area contributed by atoms with Crippen LogP contribution in [0.15, 0.2) is 17.3 Å². The van der Waals surface area contributed by atoms with Crippen LogP contribution in [0.3, 0.4) is 0 Å². The Morgan fingerprint density at radius 2 is 2.30 bits per heavy atom. The fourth-order valence-corrected chi connectivity index (χ4v) is 3.67. The SMILES string of the molecule is CCSCCC(C)NS(=O)(=O)c1cnn(CCCO)c1. The average molecular weight is 321 g/mol. The fraction of sp³-hybridized carbons (Fsp3) is 0.750. The molecule has 0 fully saturated rings. The lowest BCUT2D eigenvalue weighted by Gasteiger charge is -2.12. The van der Waals surface area contributed by atoms with E-state index in [1.54, 1.807) is 11.8 Å². The first kappa shape index (κ1) is 17.5. The van der Waals surface area contributed by atoms with E-state index >= 15 is 0 Å². The summed E-state index contributed by atoms with van der Waals surface area (Å²) >= 11 is 1.80. The zero-order chi connectivity index (χ0) is 15.0. The van der Waals surface area contributed by atoms with Crippen LogP contribution in [0, 0.1) is 0 Å². The van der Waals surface area contributed by atoms with Crippen molar-refractivity contribution in [3.8, 4) is 0 Å².